The lowest BCUT2D eigenvalue weighted by molar-refractivity contribution is -0.138. The molecule has 2 aromatic carbocycles. The van der Waals surface area contributed by atoms with E-state index >= 15 is 0 Å². The molecule has 128 valence electrons. The van der Waals surface area contributed by atoms with Gasteiger partial charge < -0.3 is 19.7 Å². The fraction of sp³-hybridized carbons (Fsp3) is 0.158. The SMILES string of the molecule is O=C(O)CNC(=O)Cn1ccc2ccc(OCc3ccccc3)cc21. The van der Waals surface area contributed by atoms with Gasteiger partial charge in [0.15, 0.2) is 0 Å². The van der Waals surface area contributed by atoms with E-state index < -0.39 is 5.97 Å². The smallest absolute Gasteiger partial charge is 0.322 e. The number of carbonyl (C=O) groups is 2. The molecule has 6 nitrogen and oxygen atoms in total. The van der Waals surface area contributed by atoms with Crippen LogP contribution in [0.4, 0.5) is 0 Å². The van der Waals surface area contributed by atoms with Gasteiger partial charge in [-0.15, -0.1) is 0 Å². The minimum atomic E-state index is -1.07. The number of carboxylic acid groups (broad SMARTS) is 1. The van der Waals surface area contributed by atoms with E-state index in [1.165, 1.54) is 0 Å². The second-order valence-electron chi connectivity index (χ2n) is 5.61. The van der Waals surface area contributed by atoms with E-state index in [-0.39, 0.29) is 19.0 Å². The van der Waals surface area contributed by atoms with E-state index in [9.17, 15) is 9.59 Å². The molecule has 0 aliphatic carbocycles. The molecule has 0 fully saturated rings. The van der Waals surface area contributed by atoms with E-state index in [0.29, 0.717) is 12.4 Å². The summed E-state index contributed by atoms with van der Waals surface area (Å²) < 4.78 is 7.58. The number of amides is 1. The van der Waals surface area contributed by atoms with Crippen molar-refractivity contribution in [1.82, 2.24) is 9.88 Å². The molecule has 0 spiro atoms. The molecule has 3 rings (SSSR count). The summed E-state index contributed by atoms with van der Waals surface area (Å²) in [6, 6.07) is 17.5. The fourth-order valence-corrected chi connectivity index (χ4v) is 2.52. The lowest BCUT2D eigenvalue weighted by Gasteiger charge is -2.09. The van der Waals surface area contributed by atoms with Crippen LogP contribution in [0.2, 0.25) is 0 Å². The topological polar surface area (TPSA) is 80.6 Å². The van der Waals surface area contributed by atoms with Crippen LogP contribution in [0, 0.1) is 0 Å². The summed E-state index contributed by atoms with van der Waals surface area (Å²) in [6.07, 6.45) is 1.80. The van der Waals surface area contributed by atoms with Gasteiger partial charge in [0.2, 0.25) is 5.91 Å². The Morgan fingerprint density at radius 1 is 1.08 bits per heavy atom. The van der Waals surface area contributed by atoms with Crippen molar-refractivity contribution in [3.05, 3.63) is 66.4 Å². The number of aliphatic carboxylic acids is 1. The average Bonchev–Trinajstić information content (AvgIpc) is 3.01. The van der Waals surface area contributed by atoms with Crippen LogP contribution in [0.5, 0.6) is 5.75 Å². The predicted octanol–water partition coefficient (Wildman–Crippen LogP) is 2.42. The second kappa shape index (κ2) is 7.53. The first kappa shape index (κ1) is 16.6. The van der Waals surface area contributed by atoms with Crippen LogP contribution in [0.1, 0.15) is 5.56 Å². The Morgan fingerprint density at radius 2 is 1.88 bits per heavy atom. The lowest BCUT2D eigenvalue weighted by atomic mass is 10.2. The summed E-state index contributed by atoms with van der Waals surface area (Å²) in [7, 11) is 0. The predicted molar refractivity (Wildman–Crippen MR) is 93.4 cm³/mol. The number of benzene rings is 2. The first-order valence-electron chi connectivity index (χ1n) is 7.86. The quantitative estimate of drug-likeness (QED) is 0.693. The molecular formula is C19H18N2O4. The molecule has 1 aromatic heterocycles. The zero-order chi connectivity index (χ0) is 17.6. The third-order valence-corrected chi connectivity index (χ3v) is 3.74. The molecule has 0 bridgehead atoms. The van der Waals surface area contributed by atoms with E-state index in [4.69, 9.17) is 9.84 Å². The number of nitrogens with one attached hydrogen (secondary N) is 1. The summed E-state index contributed by atoms with van der Waals surface area (Å²) in [5.41, 5.74) is 1.93. The molecule has 0 aliphatic rings. The van der Waals surface area contributed by atoms with Crippen molar-refractivity contribution in [2.45, 2.75) is 13.2 Å². The van der Waals surface area contributed by atoms with Crippen LogP contribution >= 0.6 is 0 Å². The van der Waals surface area contributed by atoms with Crippen molar-refractivity contribution in [1.29, 1.82) is 0 Å². The van der Waals surface area contributed by atoms with Gasteiger partial charge in [0.05, 0.1) is 5.52 Å². The highest BCUT2D eigenvalue weighted by Gasteiger charge is 2.08. The maximum absolute atomic E-state index is 11.8. The molecule has 0 saturated carbocycles. The van der Waals surface area contributed by atoms with Gasteiger partial charge in [0, 0.05) is 12.3 Å². The minimum absolute atomic E-state index is 0.0545. The first-order valence-corrected chi connectivity index (χ1v) is 7.86. The van der Waals surface area contributed by atoms with Gasteiger partial charge >= 0.3 is 5.97 Å². The van der Waals surface area contributed by atoms with E-state index in [2.05, 4.69) is 5.32 Å². The number of rotatable bonds is 7. The number of carbonyl (C=O) groups excluding carboxylic acids is 1. The van der Waals surface area contributed by atoms with Crippen molar-refractivity contribution in [2.75, 3.05) is 6.54 Å². The number of aromatic nitrogens is 1. The third kappa shape index (κ3) is 4.38. The van der Waals surface area contributed by atoms with E-state index in [1.807, 2.05) is 54.6 Å². The molecule has 1 heterocycles. The Hall–Kier alpha value is -3.28. The molecule has 1 amide bonds. The second-order valence-corrected chi connectivity index (χ2v) is 5.61. The number of hydrogen-bond acceptors (Lipinski definition) is 3. The number of hydrogen-bond donors (Lipinski definition) is 2. The van der Waals surface area contributed by atoms with Crippen LogP contribution < -0.4 is 10.1 Å². The van der Waals surface area contributed by atoms with Gasteiger partial charge in [-0.05, 0) is 29.1 Å². The molecular weight excluding hydrogens is 320 g/mol. The molecule has 2 N–H and O–H groups in total. The Bertz CT molecular complexity index is 887. The number of nitrogens with zero attached hydrogens (tertiary/aromatic N) is 1. The lowest BCUT2D eigenvalue weighted by Crippen LogP contribution is -2.31. The van der Waals surface area contributed by atoms with Crippen LogP contribution in [0.15, 0.2) is 60.8 Å². The summed E-state index contributed by atoms with van der Waals surface area (Å²) in [5, 5.41) is 12.0. The van der Waals surface area contributed by atoms with Crippen molar-refractivity contribution in [2.24, 2.45) is 0 Å². The van der Waals surface area contributed by atoms with Crippen molar-refractivity contribution in [3.63, 3.8) is 0 Å². The number of fused-ring (bicyclic) bond motifs is 1. The molecule has 0 atom stereocenters. The van der Waals surface area contributed by atoms with Crippen molar-refractivity contribution >= 4 is 22.8 Å². The van der Waals surface area contributed by atoms with E-state index in [1.54, 1.807) is 10.8 Å². The zero-order valence-electron chi connectivity index (χ0n) is 13.5. The Kier molecular flexibility index (Phi) is 4.99. The zero-order valence-corrected chi connectivity index (χ0v) is 13.5. The van der Waals surface area contributed by atoms with Crippen molar-refractivity contribution < 1.29 is 19.4 Å². The highest BCUT2D eigenvalue weighted by Crippen LogP contribution is 2.23. The van der Waals surface area contributed by atoms with E-state index in [0.717, 1.165) is 16.5 Å². The van der Waals surface area contributed by atoms with Gasteiger partial charge in [-0.1, -0.05) is 30.3 Å². The largest absolute Gasteiger partial charge is 0.489 e. The fourth-order valence-electron chi connectivity index (χ4n) is 2.52. The molecule has 0 radical (unpaired) electrons. The molecule has 3 aromatic rings. The van der Waals surface area contributed by atoms with Gasteiger partial charge in [0.1, 0.15) is 25.4 Å². The van der Waals surface area contributed by atoms with Gasteiger partial charge in [-0.2, -0.15) is 0 Å². The van der Waals surface area contributed by atoms with Crippen LogP contribution in [0.3, 0.4) is 0 Å². The monoisotopic (exact) mass is 338 g/mol. The van der Waals surface area contributed by atoms with Crippen LogP contribution in [0.25, 0.3) is 10.9 Å². The molecule has 0 saturated heterocycles. The van der Waals surface area contributed by atoms with Crippen LogP contribution in [-0.2, 0) is 22.7 Å². The highest BCUT2D eigenvalue weighted by atomic mass is 16.5. The standard InChI is InChI=1S/C19H18N2O4/c22-18(20-11-19(23)24)12-21-9-8-15-6-7-16(10-17(15)21)25-13-14-4-2-1-3-5-14/h1-10H,11-13H2,(H,20,22)(H,23,24). The first-order chi connectivity index (χ1) is 12.1. The van der Waals surface area contributed by atoms with Gasteiger partial charge in [0.25, 0.3) is 0 Å². The third-order valence-electron chi connectivity index (χ3n) is 3.74. The average molecular weight is 338 g/mol. The number of carboxylic acids is 1. The molecule has 0 unspecified atom stereocenters. The Labute approximate surface area is 144 Å². The molecule has 6 heteroatoms. The minimum Gasteiger partial charge on any atom is -0.489 e. The van der Waals surface area contributed by atoms with Gasteiger partial charge in [-0.3, -0.25) is 9.59 Å². The number of ether oxygens (including phenoxy) is 1. The molecule has 25 heavy (non-hydrogen) atoms. The molecule has 0 aliphatic heterocycles. The van der Waals surface area contributed by atoms with Gasteiger partial charge in [-0.25, -0.2) is 0 Å². The van der Waals surface area contributed by atoms with Crippen molar-refractivity contribution in [3.8, 4) is 5.75 Å². The normalized spacial score (nSPS) is 10.6. The summed E-state index contributed by atoms with van der Waals surface area (Å²) >= 11 is 0. The highest BCUT2D eigenvalue weighted by molar-refractivity contribution is 5.85. The summed E-state index contributed by atoms with van der Waals surface area (Å²) in [5.74, 6) is -0.708. The maximum atomic E-state index is 11.8. The Morgan fingerprint density at radius 3 is 2.64 bits per heavy atom. The summed E-state index contributed by atoms with van der Waals surface area (Å²) in [4.78, 5) is 22.3. The maximum Gasteiger partial charge on any atom is 0.322 e. The van der Waals surface area contributed by atoms with Crippen LogP contribution in [-0.4, -0.2) is 28.1 Å². The Balaban J connectivity index is 1.70. The summed E-state index contributed by atoms with van der Waals surface area (Å²) in [6.45, 7) is 0.133.